The molecule has 0 saturated heterocycles. The third-order valence-electron chi connectivity index (χ3n) is 3.12. The van der Waals surface area contributed by atoms with E-state index in [0.717, 1.165) is 11.4 Å². The van der Waals surface area contributed by atoms with E-state index < -0.39 is 0 Å². The second kappa shape index (κ2) is 5.17. The maximum Gasteiger partial charge on any atom is 0.312 e. The lowest BCUT2D eigenvalue weighted by Gasteiger charge is -2.22. The molecule has 2 rings (SSSR count). The van der Waals surface area contributed by atoms with Gasteiger partial charge >= 0.3 is 5.97 Å². The molecule has 1 aromatic rings. The van der Waals surface area contributed by atoms with Crippen LogP contribution in [0.1, 0.15) is 48.7 Å². The summed E-state index contributed by atoms with van der Waals surface area (Å²) in [7, 11) is 0. The molecule has 0 radical (unpaired) electrons. The fourth-order valence-corrected chi connectivity index (χ4v) is 3.62. The Morgan fingerprint density at radius 1 is 1.53 bits per heavy atom. The molecule has 94 valence electrons. The third-order valence-corrected chi connectivity index (χ3v) is 4.45. The number of ether oxygens (including phenoxy) is 1. The van der Waals surface area contributed by atoms with Crippen LogP contribution in [-0.2, 0) is 22.4 Å². The van der Waals surface area contributed by atoms with E-state index in [-0.39, 0.29) is 5.97 Å². The van der Waals surface area contributed by atoms with Crippen molar-refractivity contribution in [2.75, 3.05) is 6.61 Å². The number of nitrogens with zero attached hydrogens (tertiary/aromatic N) is 1. The lowest BCUT2D eigenvalue weighted by molar-refractivity contribution is -0.142. The molecule has 2 atom stereocenters. The first-order valence-electron chi connectivity index (χ1n) is 6.24. The second-order valence-corrected chi connectivity index (χ2v) is 5.96. The summed E-state index contributed by atoms with van der Waals surface area (Å²) in [6.45, 7) is 6.79. The SMILES string of the molecule is CCOC(=O)Cc1nc2c(s1)C(C)CC(C)C2. The molecule has 1 aromatic heterocycles. The normalized spacial score (nSPS) is 23.2. The molecule has 0 N–H and O–H groups in total. The van der Waals surface area contributed by atoms with Crippen LogP contribution in [-0.4, -0.2) is 17.6 Å². The van der Waals surface area contributed by atoms with Crippen LogP contribution in [0.15, 0.2) is 0 Å². The predicted octanol–water partition coefficient (Wildman–Crippen LogP) is 2.93. The van der Waals surface area contributed by atoms with Crippen molar-refractivity contribution in [2.45, 2.75) is 46.0 Å². The standard InChI is InChI=1S/C13H19NO2S/c1-4-16-12(15)7-11-14-10-6-8(2)5-9(3)13(10)17-11/h8-9H,4-7H2,1-3H3. The number of aromatic nitrogens is 1. The number of thiazole rings is 1. The average molecular weight is 253 g/mol. The summed E-state index contributed by atoms with van der Waals surface area (Å²) in [4.78, 5) is 17.4. The first-order valence-corrected chi connectivity index (χ1v) is 7.05. The number of carbonyl (C=O) groups excluding carboxylic acids is 1. The molecule has 3 nitrogen and oxygen atoms in total. The number of esters is 1. The highest BCUT2D eigenvalue weighted by atomic mass is 32.1. The van der Waals surface area contributed by atoms with Crippen molar-refractivity contribution >= 4 is 17.3 Å². The van der Waals surface area contributed by atoms with Crippen molar-refractivity contribution in [3.8, 4) is 0 Å². The monoisotopic (exact) mass is 253 g/mol. The molecule has 0 aromatic carbocycles. The maximum atomic E-state index is 11.4. The van der Waals surface area contributed by atoms with Crippen LogP contribution in [0.3, 0.4) is 0 Å². The fraction of sp³-hybridized carbons (Fsp3) is 0.692. The minimum Gasteiger partial charge on any atom is -0.466 e. The Balaban J connectivity index is 2.12. The van der Waals surface area contributed by atoms with Crippen molar-refractivity contribution in [1.82, 2.24) is 4.98 Å². The lowest BCUT2D eigenvalue weighted by atomic mass is 9.86. The van der Waals surface area contributed by atoms with Crippen molar-refractivity contribution in [3.05, 3.63) is 15.6 Å². The number of hydrogen-bond acceptors (Lipinski definition) is 4. The van der Waals surface area contributed by atoms with Crippen molar-refractivity contribution in [1.29, 1.82) is 0 Å². The van der Waals surface area contributed by atoms with Gasteiger partial charge in [-0.3, -0.25) is 4.79 Å². The smallest absolute Gasteiger partial charge is 0.312 e. The van der Waals surface area contributed by atoms with Crippen LogP contribution >= 0.6 is 11.3 Å². The number of fused-ring (bicyclic) bond motifs is 1. The van der Waals surface area contributed by atoms with E-state index in [4.69, 9.17) is 4.74 Å². The highest BCUT2D eigenvalue weighted by Gasteiger charge is 2.25. The van der Waals surface area contributed by atoms with Gasteiger partial charge in [-0.05, 0) is 31.6 Å². The van der Waals surface area contributed by atoms with E-state index in [2.05, 4.69) is 18.8 Å². The zero-order valence-electron chi connectivity index (χ0n) is 10.7. The first kappa shape index (κ1) is 12.6. The summed E-state index contributed by atoms with van der Waals surface area (Å²) in [6.07, 6.45) is 2.61. The molecular weight excluding hydrogens is 234 g/mol. The average Bonchev–Trinajstić information content (AvgIpc) is 2.60. The topological polar surface area (TPSA) is 39.2 Å². The zero-order chi connectivity index (χ0) is 12.4. The Hall–Kier alpha value is -0.900. The van der Waals surface area contributed by atoms with Gasteiger partial charge in [-0.2, -0.15) is 0 Å². The minimum atomic E-state index is -0.167. The fourth-order valence-electron chi connectivity index (χ4n) is 2.48. The Morgan fingerprint density at radius 2 is 2.29 bits per heavy atom. The molecule has 4 heteroatoms. The van der Waals surface area contributed by atoms with E-state index in [1.807, 2.05) is 6.92 Å². The van der Waals surface area contributed by atoms with Crippen LogP contribution < -0.4 is 0 Å². The minimum absolute atomic E-state index is 0.167. The van der Waals surface area contributed by atoms with Crippen molar-refractivity contribution < 1.29 is 9.53 Å². The summed E-state index contributed by atoms with van der Waals surface area (Å²) in [5.74, 6) is 1.12. The Bertz CT molecular complexity index is 414. The molecule has 0 bridgehead atoms. The molecule has 1 aliphatic carbocycles. The Morgan fingerprint density at radius 3 is 3.00 bits per heavy atom. The Labute approximate surface area is 106 Å². The van der Waals surface area contributed by atoms with Gasteiger partial charge in [0.15, 0.2) is 0 Å². The maximum absolute atomic E-state index is 11.4. The molecule has 0 amide bonds. The molecule has 0 aliphatic heterocycles. The number of hydrogen-bond donors (Lipinski definition) is 0. The summed E-state index contributed by atoms with van der Waals surface area (Å²) < 4.78 is 4.95. The van der Waals surface area contributed by atoms with E-state index in [1.165, 1.54) is 17.0 Å². The molecule has 0 saturated carbocycles. The van der Waals surface area contributed by atoms with Gasteiger partial charge in [-0.1, -0.05) is 13.8 Å². The van der Waals surface area contributed by atoms with Crippen molar-refractivity contribution in [3.63, 3.8) is 0 Å². The van der Waals surface area contributed by atoms with Gasteiger partial charge in [0.25, 0.3) is 0 Å². The van der Waals surface area contributed by atoms with E-state index in [1.54, 1.807) is 11.3 Å². The number of carbonyl (C=O) groups is 1. The van der Waals surface area contributed by atoms with Gasteiger partial charge in [0.2, 0.25) is 0 Å². The van der Waals surface area contributed by atoms with Gasteiger partial charge < -0.3 is 4.74 Å². The highest BCUT2D eigenvalue weighted by Crippen LogP contribution is 2.37. The lowest BCUT2D eigenvalue weighted by Crippen LogP contribution is -2.13. The zero-order valence-corrected chi connectivity index (χ0v) is 11.5. The van der Waals surface area contributed by atoms with Crippen LogP contribution in [0.4, 0.5) is 0 Å². The molecule has 1 heterocycles. The van der Waals surface area contributed by atoms with Gasteiger partial charge in [-0.25, -0.2) is 4.98 Å². The quantitative estimate of drug-likeness (QED) is 0.777. The number of rotatable bonds is 3. The van der Waals surface area contributed by atoms with Crippen LogP contribution in [0, 0.1) is 5.92 Å². The van der Waals surface area contributed by atoms with Crippen LogP contribution in [0.5, 0.6) is 0 Å². The first-order chi connectivity index (χ1) is 8.10. The van der Waals surface area contributed by atoms with Gasteiger partial charge in [0, 0.05) is 4.88 Å². The molecule has 0 fully saturated rings. The molecule has 0 spiro atoms. The van der Waals surface area contributed by atoms with Crippen LogP contribution in [0.2, 0.25) is 0 Å². The van der Waals surface area contributed by atoms with Gasteiger partial charge in [-0.15, -0.1) is 11.3 Å². The van der Waals surface area contributed by atoms with E-state index in [0.29, 0.717) is 24.9 Å². The molecular formula is C13H19NO2S. The summed E-state index contributed by atoms with van der Waals surface area (Å²) in [5.41, 5.74) is 1.21. The van der Waals surface area contributed by atoms with Crippen molar-refractivity contribution in [2.24, 2.45) is 5.92 Å². The summed E-state index contributed by atoms with van der Waals surface area (Å²) in [5, 5.41) is 0.911. The summed E-state index contributed by atoms with van der Waals surface area (Å²) >= 11 is 1.69. The predicted molar refractivity (Wildman–Crippen MR) is 68.4 cm³/mol. The summed E-state index contributed by atoms with van der Waals surface area (Å²) in [6, 6.07) is 0. The van der Waals surface area contributed by atoms with Crippen LogP contribution in [0.25, 0.3) is 0 Å². The van der Waals surface area contributed by atoms with Gasteiger partial charge in [0.05, 0.1) is 18.7 Å². The van der Waals surface area contributed by atoms with E-state index in [9.17, 15) is 4.79 Å². The molecule has 17 heavy (non-hydrogen) atoms. The highest BCUT2D eigenvalue weighted by molar-refractivity contribution is 7.12. The second-order valence-electron chi connectivity index (χ2n) is 4.85. The third kappa shape index (κ3) is 2.86. The largest absolute Gasteiger partial charge is 0.466 e. The Kier molecular flexibility index (Phi) is 3.82. The molecule has 1 aliphatic rings. The molecule has 2 unspecified atom stereocenters. The van der Waals surface area contributed by atoms with Gasteiger partial charge in [0.1, 0.15) is 5.01 Å². The van der Waals surface area contributed by atoms with E-state index >= 15 is 0 Å².